The first-order valence-electron chi connectivity index (χ1n) is 8.46. The Morgan fingerprint density at radius 2 is 1.48 bits per heavy atom. The van der Waals surface area contributed by atoms with Crippen LogP contribution in [-0.4, -0.2) is 25.2 Å². The molecule has 0 unspecified atom stereocenters. The number of rotatable bonds is 5. The number of nitrogens with one attached hydrogen (secondary N) is 1. The number of aromatic hydroxyl groups is 1. The van der Waals surface area contributed by atoms with Gasteiger partial charge in [-0.2, -0.15) is 0 Å². The molecule has 3 aromatic rings. The van der Waals surface area contributed by atoms with Crippen LogP contribution in [0.2, 0.25) is 0 Å². The lowest BCUT2D eigenvalue weighted by Gasteiger charge is -2.19. The Hall–Kier alpha value is -3.47. The maximum atomic E-state index is 11.6. The molecule has 5 heteroatoms. The van der Waals surface area contributed by atoms with E-state index >= 15 is 0 Å². The van der Waals surface area contributed by atoms with Crippen molar-refractivity contribution in [2.24, 2.45) is 0 Å². The highest BCUT2D eigenvalue weighted by Gasteiger charge is 2.20. The standard InChI is InChI=1S/C22H21NO4/c1-14(24)23-20-12-9-16(25)13-19(20)18-11-10-17(15-7-5-4-6-8-15)21(26-2)22(18)27-3/h4-13,25H,1-3H3,(H,23,24). The van der Waals surface area contributed by atoms with Crippen molar-refractivity contribution in [1.29, 1.82) is 0 Å². The van der Waals surface area contributed by atoms with Gasteiger partial charge in [-0.25, -0.2) is 0 Å². The third-order valence-corrected chi connectivity index (χ3v) is 4.21. The molecule has 0 atom stereocenters. The van der Waals surface area contributed by atoms with Crippen LogP contribution in [0.15, 0.2) is 60.7 Å². The molecule has 0 aromatic heterocycles. The highest BCUT2D eigenvalue weighted by Crippen LogP contribution is 2.46. The molecule has 0 fully saturated rings. The first kappa shape index (κ1) is 18.3. The molecule has 1 amide bonds. The minimum absolute atomic E-state index is 0.0901. The van der Waals surface area contributed by atoms with Gasteiger partial charge in [0.05, 0.1) is 14.2 Å². The van der Waals surface area contributed by atoms with Crippen molar-refractivity contribution in [3.05, 3.63) is 60.7 Å². The lowest BCUT2D eigenvalue weighted by atomic mass is 9.96. The predicted octanol–water partition coefficient (Wildman–Crippen LogP) is 4.70. The summed E-state index contributed by atoms with van der Waals surface area (Å²) < 4.78 is 11.3. The van der Waals surface area contributed by atoms with E-state index in [1.807, 2.05) is 42.5 Å². The number of hydrogen-bond acceptors (Lipinski definition) is 4. The van der Waals surface area contributed by atoms with E-state index in [1.165, 1.54) is 13.0 Å². The van der Waals surface area contributed by atoms with E-state index in [4.69, 9.17) is 9.47 Å². The van der Waals surface area contributed by atoms with Crippen molar-refractivity contribution < 1.29 is 19.4 Å². The molecule has 0 radical (unpaired) electrons. The second-order valence-corrected chi connectivity index (χ2v) is 6.00. The summed E-state index contributed by atoms with van der Waals surface area (Å²) in [4.78, 5) is 11.6. The Balaban J connectivity index is 2.24. The van der Waals surface area contributed by atoms with Gasteiger partial charge in [-0.15, -0.1) is 0 Å². The summed E-state index contributed by atoms with van der Waals surface area (Å²) >= 11 is 0. The third-order valence-electron chi connectivity index (χ3n) is 4.21. The normalized spacial score (nSPS) is 10.3. The minimum Gasteiger partial charge on any atom is -0.508 e. The first-order valence-corrected chi connectivity index (χ1v) is 8.46. The van der Waals surface area contributed by atoms with Crippen molar-refractivity contribution in [2.75, 3.05) is 19.5 Å². The summed E-state index contributed by atoms with van der Waals surface area (Å²) in [6, 6.07) is 18.5. The summed E-state index contributed by atoms with van der Waals surface area (Å²) in [5.41, 5.74) is 3.80. The van der Waals surface area contributed by atoms with Gasteiger partial charge in [-0.1, -0.05) is 30.3 Å². The Labute approximate surface area is 158 Å². The van der Waals surface area contributed by atoms with E-state index in [2.05, 4.69) is 5.32 Å². The van der Waals surface area contributed by atoms with Crippen LogP contribution >= 0.6 is 0 Å². The first-order chi connectivity index (χ1) is 13.0. The molecule has 0 aliphatic heterocycles. The minimum atomic E-state index is -0.200. The van der Waals surface area contributed by atoms with E-state index in [-0.39, 0.29) is 11.7 Å². The second-order valence-electron chi connectivity index (χ2n) is 6.00. The molecule has 2 N–H and O–H groups in total. The zero-order valence-electron chi connectivity index (χ0n) is 15.4. The third kappa shape index (κ3) is 3.72. The van der Waals surface area contributed by atoms with Crippen molar-refractivity contribution >= 4 is 11.6 Å². The fourth-order valence-corrected chi connectivity index (χ4v) is 3.08. The molecule has 0 bridgehead atoms. The molecule has 3 rings (SSSR count). The summed E-state index contributed by atoms with van der Waals surface area (Å²) in [6.45, 7) is 1.44. The molecule has 0 spiro atoms. The molecule has 5 nitrogen and oxygen atoms in total. The van der Waals surface area contributed by atoms with Crippen LogP contribution in [0.3, 0.4) is 0 Å². The Morgan fingerprint density at radius 3 is 2.11 bits per heavy atom. The highest BCUT2D eigenvalue weighted by molar-refractivity contribution is 5.96. The van der Waals surface area contributed by atoms with E-state index < -0.39 is 0 Å². The largest absolute Gasteiger partial charge is 0.508 e. The van der Waals surface area contributed by atoms with Crippen molar-refractivity contribution in [3.63, 3.8) is 0 Å². The van der Waals surface area contributed by atoms with Crippen molar-refractivity contribution in [2.45, 2.75) is 6.92 Å². The maximum Gasteiger partial charge on any atom is 0.221 e. The Bertz CT molecular complexity index is 968. The summed E-state index contributed by atoms with van der Waals surface area (Å²) in [6.07, 6.45) is 0. The highest BCUT2D eigenvalue weighted by atomic mass is 16.5. The van der Waals surface area contributed by atoms with Gasteiger partial charge in [0, 0.05) is 29.3 Å². The molecule has 0 aliphatic rings. The number of carbonyl (C=O) groups is 1. The summed E-state index contributed by atoms with van der Waals surface area (Å²) in [7, 11) is 3.16. The van der Waals surface area contributed by atoms with Crippen LogP contribution in [0.4, 0.5) is 5.69 Å². The van der Waals surface area contributed by atoms with Crippen molar-refractivity contribution in [1.82, 2.24) is 0 Å². The summed E-state index contributed by atoms with van der Waals surface area (Å²) in [5, 5.41) is 12.8. The lowest BCUT2D eigenvalue weighted by Crippen LogP contribution is -2.07. The van der Waals surface area contributed by atoms with Gasteiger partial charge in [0.1, 0.15) is 5.75 Å². The number of benzene rings is 3. The average Bonchev–Trinajstić information content (AvgIpc) is 2.68. The quantitative estimate of drug-likeness (QED) is 0.645. The van der Waals surface area contributed by atoms with Crippen LogP contribution < -0.4 is 14.8 Å². The van der Waals surface area contributed by atoms with Crippen LogP contribution in [0.5, 0.6) is 17.2 Å². The number of phenols is 1. The maximum absolute atomic E-state index is 11.6. The topological polar surface area (TPSA) is 67.8 Å². The zero-order chi connectivity index (χ0) is 19.4. The summed E-state index contributed by atoms with van der Waals surface area (Å²) in [5.74, 6) is 0.996. The van der Waals surface area contributed by atoms with Crippen LogP contribution in [-0.2, 0) is 4.79 Å². The van der Waals surface area contributed by atoms with Crippen LogP contribution in [0.25, 0.3) is 22.3 Å². The van der Waals surface area contributed by atoms with Gasteiger partial charge in [0.2, 0.25) is 5.91 Å². The molecular weight excluding hydrogens is 342 g/mol. The number of hydrogen-bond donors (Lipinski definition) is 2. The van der Waals surface area contributed by atoms with Gasteiger partial charge in [0.25, 0.3) is 0 Å². The number of amides is 1. The molecule has 27 heavy (non-hydrogen) atoms. The van der Waals surface area contributed by atoms with Crippen LogP contribution in [0.1, 0.15) is 6.92 Å². The molecule has 3 aromatic carbocycles. The number of phenolic OH excluding ortho intramolecular Hbond substituents is 1. The fourth-order valence-electron chi connectivity index (χ4n) is 3.08. The Kier molecular flexibility index (Phi) is 5.31. The van der Waals surface area contributed by atoms with Gasteiger partial charge >= 0.3 is 0 Å². The predicted molar refractivity (Wildman–Crippen MR) is 106 cm³/mol. The second kappa shape index (κ2) is 7.83. The number of carbonyl (C=O) groups excluding carboxylic acids is 1. The molecule has 138 valence electrons. The lowest BCUT2D eigenvalue weighted by molar-refractivity contribution is -0.114. The molecule has 0 saturated carbocycles. The van der Waals surface area contributed by atoms with E-state index in [0.29, 0.717) is 28.3 Å². The van der Waals surface area contributed by atoms with E-state index in [9.17, 15) is 9.90 Å². The van der Waals surface area contributed by atoms with E-state index in [0.717, 1.165) is 11.1 Å². The number of anilines is 1. The molecule has 0 saturated heterocycles. The van der Waals surface area contributed by atoms with Crippen molar-refractivity contribution in [3.8, 4) is 39.5 Å². The Morgan fingerprint density at radius 1 is 0.852 bits per heavy atom. The van der Waals surface area contributed by atoms with Gasteiger partial charge in [-0.05, 0) is 35.9 Å². The van der Waals surface area contributed by atoms with Gasteiger partial charge in [-0.3, -0.25) is 4.79 Å². The fraction of sp³-hybridized carbons (Fsp3) is 0.136. The molecule has 0 aliphatic carbocycles. The molecular formula is C22H21NO4. The van der Waals surface area contributed by atoms with E-state index in [1.54, 1.807) is 26.4 Å². The number of methoxy groups -OCH3 is 2. The number of ether oxygens (including phenoxy) is 2. The van der Waals surface area contributed by atoms with Crippen LogP contribution in [0, 0.1) is 0 Å². The smallest absolute Gasteiger partial charge is 0.221 e. The average molecular weight is 363 g/mol. The van der Waals surface area contributed by atoms with Gasteiger partial charge in [0.15, 0.2) is 11.5 Å². The van der Waals surface area contributed by atoms with Gasteiger partial charge < -0.3 is 19.9 Å². The zero-order valence-corrected chi connectivity index (χ0v) is 15.4. The monoisotopic (exact) mass is 363 g/mol. The molecule has 0 heterocycles. The SMILES string of the molecule is COc1c(-c2ccccc2)ccc(-c2cc(O)ccc2NC(C)=O)c1OC.